The predicted octanol–water partition coefficient (Wildman–Crippen LogP) is 2.67. The predicted molar refractivity (Wildman–Crippen MR) is 71.9 cm³/mol. The van der Waals surface area contributed by atoms with Gasteiger partial charge >= 0.3 is 0 Å². The highest BCUT2D eigenvalue weighted by Crippen LogP contribution is 2.22. The smallest absolute Gasteiger partial charge is 0.0608 e. The number of hydrogen-bond acceptors (Lipinski definition) is 3. The zero-order valence-electron chi connectivity index (χ0n) is 9.45. The number of aliphatic hydroxyl groups is 1. The van der Waals surface area contributed by atoms with Crippen LogP contribution in [0, 0.1) is 0 Å². The van der Waals surface area contributed by atoms with Crippen LogP contribution < -0.4 is 5.73 Å². The van der Waals surface area contributed by atoms with Crippen molar-refractivity contribution in [2.24, 2.45) is 5.73 Å². The third-order valence-electron chi connectivity index (χ3n) is 2.39. The van der Waals surface area contributed by atoms with Crippen molar-refractivity contribution in [2.45, 2.75) is 24.6 Å². The number of hydrogen-bond donors (Lipinski definition) is 2. The second-order valence-electron chi connectivity index (χ2n) is 4.21. The van der Waals surface area contributed by atoms with E-state index >= 15 is 0 Å². The zero-order valence-corrected chi connectivity index (χ0v) is 11.0. The lowest BCUT2D eigenvalue weighted by Crippen LogP contribution is -2.40. The van der Waals surface area contributed by atoms with E-state index in [4.69, 9.17) is 22.4 Å². The Labute approximate surface area is 106 Å². The van der Waals surface area contributed by atoms with Crippen LogP contribution in [0.2, 0.25) is 5.02 Å². The number of halogens is 1. The molecule has 0 aliphatic carbocycles. The van der Waals surface area contributed by atoms with Gasteiger partial charge in [0.15, 0.2) is 0 Å². The van der Waals surface area contributed by atoms with Gasteiger partial charge in [0, 0.05) is 16.3 Å². The van der Waals surface area contributed by atoms with Crippen LogP contribution in [0.5, 0.6) is 0 Å². The van der Waals surface area contributed by atoms with E-state index in [1.165, 1.54) is 0 Å². The number of nitrogens with two attached hydrogens (primary N) is 1. The molecule has 0 aliphatic rings. The first-order valence-corrected chi connectivity index (χ1v) is 6.79. The molecule has 16 heavy (non-hydrogen) atoms. The van der Waals surface area contributed by atoms with Crippen molar-refractivity contribution < 1.29 is 5.11 Å². The van der Waals surface area contributed by atoms with Crippen molar-refractivity contribution in [3.05, 3.63) is 34.9 Å². The molecule has 4 heteroatoms. The van der Waals surface area contributed by atoms with Crippen LogP contribution in [-0.2, 0) is 5.75 Å². The third kappa shape index (κ3) is 4.74. The SMILES string of the molecule is CC(N)(CO)CCSCc1ccccc1Cl. The number of thioether (sulfide) groups is 1. The molecule has 90 valence electrons. The van der Waals surface area contributed by atoms with E-state index in [9.17, 15) is 0 Å². The lowest BCUT2D eigenvalue weighted by molar-refractivity contribution is 0.206. The molecule has 0 aromatic heterocycles. The van der Waals surface area contributed by atoms with Gasteiger partial charge in [0.25, 0.3) is 0 Å². The zero-order chi connectivity index (χ0) is 12.0. The van der Waals surface area contributed by atoms with Gasteiger partial charge in [-0.05, 0) is 30.7 Å². The Bertz CT molecular complexity index is 331. The van der Waals surface area contributed by atoms with E-state index in [1.807, 2.05) is 31.2 Å². The highest BCUT2D eigenvalue weighted by atomic mass is 35.5. The van der Waals surface area contributed by atoms with Gasteiger partial charge in [-0.3, -0.25) is 0 Å². The second-order valence-corrected chi connectivity index (χ2v) is 5.72. The molecule has 0 spiro atoms. The molecule has 2 nitrogen and oxygen atoms in total. The minimum atomic E-state index is -0.465. The molecular formula is C12H18ClNOS. The van der Waals surface area contributed by atoms with Crippen LogP contribution in [0.25, 0.3) is 0 Å². The average molecular weight is 260 g/mol. The van der Waals surface area contributed by atoms with Crippen molar-refractivity contribution in [3.63, 3.8) is 0 Å². The van der Waals surface area contributed by atoms with Gasteiger partial charge in [-0.1, -0.05) is 29.8 Å². The highest BCUT2D eigenvalue weighted by Gasteiger charge is 2.15. The molecule has 1 aromatic rings. The molecule has 1 atom stereocenters. The molecule has 0 fully saturated rings. The summed E-state index contributed by atoms with van der Waals surface area (Å²) in [5.41, 5.74) is 6.52. The van der Waals surface area contributed by atoms with E-state index in [1.54, 1.807) is 11.8 Å². The molecule has 0 amide bonds. The fourth-order valence-electron chi connectivity index (χ4n) is 1.18. The molecule has 0 radical (unpaired) electrons. The van der Waals surface area contributed by atoms with Crippen LogP contribution in [0.15, 0.2) is 24.3 Å². The summed E-state index contributed by atoms with van der Waals surface area (Å²) in [6.45, 7) is 1.89. The largest absolute Gasteiger partial charge is 0.394 e. The van der Waals surface area contributed by atoms with Gasteiger partial charge in [-0.2, -0.15) is 11.8 Å². The maximum absolute atomic E-state index is 9.00. The summed E-state index contributed by atoms with van der Waals surface area (Å²) in [5, 5.41) is 9.81. The van der Waals surface area contributed by atoms with Gasteiger partial charge in [0.05, 0.1) is 6.61 Å². The van der Waals surface area contributed by atoms with E-state index in [0.717, 1.165) is 28.5 Å². The minimum absolute atomic E-state index is 0.0274. The summed E-state index contributed by atoms with van der Waals surface area (Å²) in [4.78, 5) is 0. The van der Waals surface area contributed by atoms with Crippen LogP contribution in [-0.4, -0.2) is 23.0 Å². The summed E-state index contributed by atoms with van der Waals surface area (Å²) in [6.07, 6.45) is 0.804. The Morgan fingerprint density at radius 3 is 2.75 bits per heavy atom. The molecule has 0 saturated carbocycles. The standard InChI is InChI=1S/C12H18ClNOS/c1-12(14,9-15)6-7-16-8-10-4-2-3-5-11(10)13/h2-5,15H,6-9,14H2,1H3. The second kappa shape index (κ2) is 6.50. The van der Waals surface area contributed by atoms with Gasteiger partial charge in [0.2, 0.25) is 0 Å². The molecule has 0 bridgehead atoms. The Kier molecular flexibility index (Phi) is 5.62. The van der Waals surface area contributed by atoms with E-state index < -0.39 is 5.54 Å². The Balaban J connectivity index is 2.29. The van der Waals surface area contributed by atoms with Crippen molar-refractivity contribution in [1.29, 1.82) is 0 Å². The molecule has 3 N–H and O–H groups in total. The molecule has 1 aromatic carbocycles. The summed E-state index contributed by atoms with van der Waals surface area (Å²) < 4.78 is 0. The van der Waals surface area contributed by atoms with E-state index in [-0.39, 0.29) is 6.61 Å². The van der Waals surface area contributed by atoms with Crippen molar-refractivity contribution >= 4 is 23.4 Å². The summed E-state index contributed by atoms with van der Waals surface area (Å²) in [7, 11) is 0. The monoisotopic (exact) mass is 259 g/mol. The quantitative estimate of drug-likeness (QED) is 0.772. The molecule has 0 heterocycles. The van der Waals surface area contributed by atoms with Crippen LogP contribution in [0.4, 0.5) is 0 Å². The van der Waals surface area contributed by atoms with Gasteiger partial charge in [-0.15, -0.1) is 0 Å². The molecular weight excluding hydrogens is 242 g/mol. The first kappa shape index (κ1) is 13.8. The molecule has 0 aliphatic heterocycles. The van der Waals surface area contributed by atoms with Crippen molar-refractivity contribution in [3.8, 4) is 0 Å². The lowest BCUT2D eigenvalue weighted by Gasteiger charge is -2.20. The van der Waals surface area contributed by atoms with Gasteiger partial charge in [-0.25, -0.2) is 0 Å². The maximum atomic E-state index is 9.00. The summed E-state index contributed by atoms with van der Waals surface area (Å²) in [5.74, 6) is 1.82. The average Bonchev–Trinajstić information content (AvgIpc) is 2.27. The van der Waals surface area contributed by atoms with E-state index in [0.29, 0.717) is 0 Å². The Morgan fingerprint density at radius 2 is 2.12 bits per heavy atom. The highest BCUT2D eigenvalue weighted by molar-refractivity contribution is 7.98. The number of rotatable bonds is 6. The topological polar surface area (TPSA) is 46.2 Å². The number of aliphatic hydroxyl groups excluding tert-OH is 1. The van der Waals surface area contributed by atoms with E-state index in [2.05, 4.69) is 0 Å². The fraction of sp³-hybridized carbons (Fsp3) is 0.500. The van der Waals surface area contributed by atoms with Crippen LogP contribution >= 0.6 is 23.4 Å². The van der Waals surface area contributed by atoms with Crippen molar-refractivity contribution in [2.75, 3.05) is 12.4 Å². The molecule has 1 rings (SSSR count). The normalized spacial score (nSPS) is 14.8. The first-order chi connectivity index (χ1) is 7.55. The Morgan fingerprint density at radius 1 is 1.44 bits per heavy atom. The van der Waals surface area contributed by atoms with Gasteiger partial charge in [0.1, 0.15) is 0 Å². The maximum Gasteiger partial charge on any atom is 0.0608 e. The Hall–Kier alpha value is -0.220. The minimum Gasteiger partial charge on any atom is -0.394 e. The van der Waals surface area contributed by atoms with Crippen LogP contribution in [0.1, 0.15) is 18.9 Å². The summed E-state index contributed by atoms with van der Waals surface area (Å²) in [6, 6.07) is 7.85. The third-order valence-corrected chi connectivity index (χ3v) is 3.77. The lowest BCUT2D eigenvalue weighted by atomic mass is 10.0. The summed E-state index contributed by atoms with van der Waals surface area (Å²) >= 11 is 7.83. The molecule has 1 unspecified atom stereocenters. The fourth-order valence-corrected chi connectivity index (χ4v) is 2.69. The van der Waals surface area contributed by atoms with Crippen LogP contribution in [0.3, 0.4) is 0 Å². The molecule has 0 saturated heterocycles. The first-order valence-electron chi connectivity index (χ1n) is 5.26. The number of benzene rings is 1. The van der Waals surface area contributed by atoms with Crippen molar-refractivity contribution in [1.82, 2.24) is 0 Å². The van der Waals surface area contributed by atoms with Gasteiger partial charge < -0.3 is 10.8 Å².